The monoisotopic (exact) mass is 288 g/mol. The van der Waals surface area contributed by atoms with Crippen molar-refractivity contribution in [1.29, 1.82) is 0 Å². The quantitative estimate of drug-likeness (QED) is 0.626. The van der Waals surface area contributed by atoms with Crippen molar-refractivity contribution >= 4 is 22.7 Å². The highest BCUT2D eigenvalue weighted by atomic mass is 16.6. The van der Waals surface area contributed by atoms with E-state index < -0.39 is 11.9 Å². The van der Waals surface area contributed by atoms with Gasteiger partial charge in [-0.05, 0) is 11.5 Å². The summed E-state index contributed by atoms with van der Waals surface area (Å²) in [5, 5.41) is 10.5. The van der Waals surface area contributed by atoms with Gasteiger partial charge in [-0.2, -0.15) is 0 Å². The summed E-state index contributed by atoms with van der Waals surface area (Å²) < 4.78 is 10.5. The summed E-state index contributed by atoms with van der Waals surface area (Å²) in [6.45, 7) is 0.328. The Kier molecular flexibility index (Phi) is 5.15. The van der Waals surface area contributed by atoms with Gasteiger partial charge in [0.1, 0.15) is 19.0 Å². The number of carbonyl (C=O) groups excluding carboxylic acids is 1. The molecule has 0 radical (unpaired) electrons. The predicted molar refractivity (Wildman–Crippen MR) is 77.3 cm³/mol. The number of carbonyl (C=O) groups is 2. The lowest BCUT2D eigenvalue weighted by Gasteiger charge is -2.09. The van der Waals surface area contributed by atoms with E-state index in [9.17, 15) is 9.59 Å². The van der Waals surface area contributed by atoms with E-state index in [1.54, 1.807) is 0 Å². The molecule has 0 bridgehead atoms. The van der Waals surface area contributed by atoms with Gasteiger partial charge in [0, 0.05) is 5.39 Å². The molecule has 0 aromatic heterocycles. The van der Waals surface area contributed by atoms with Gasteiger partial charge in [-0.1, -0.05) is 36.4 Å². The molecule has 0 spiro atoms. The number of fused-ring (bicyclic) bond motifs is 1. The van der Waals surface area contributed by atoms with E-state index in [1.807, 2.05) is 42.5 Å². The molecule has 5 heteroatoms. The summed E-state index contributed by atoms with van der Waals surface area (Å²) in [5.74, 6) is -0.812. The van der Waals surface area contributed by atoms with Crippen molar-refractivity contribution in [2.45, 2.75) is 12.8 Å². The van der Waals surface area contributed by atoms with E-state index >= 15 is 0 Å². The zero-order valence-corrected chi connectivity index (χ0v) is 11.5. The SMILES string of the molecule is O=C(O)CCC(=O)OCCOc1cccc2ccccc12. The highest BCUT2D eigenvalue weighted by Gasteiger charge is 2.07. The van der Waals surface area contributed by atoms with Crippen LogP contribution in [0.4, 0.5) is 0 Å². The first-order valence-electron chi connectivity index (χ1n) is 6.65. The number of hydrogen-bond donors (Lipinski definition) is 1. The summed E-state index contributed by atoms with van der Waals surface area (Å²) >= 11 is 0. The largest absolute Gasteiger partial charge is 0.489 e. The Hall–Kier alpha value is -2.56. The molecule has 1 N–H and O–H groups in total. The van der Waals surface area contributed by atoms with Gasteiger partial charge in [0.25, 0.3) is 0 Å². The number of aliphatic carboxylic acids is 1. The van der Waals surface area contributed by atoms with E-state index in [0.29, 0.717) is 0 Å². The normalized spacial score (nSPS) is 10.3. The van der Waals surface area contributed by atoms with Crippen molar-refractivity contribution in [3.8, 4) is 5.75 Å². The molecular weight excluding hydrogens is 272 g/mol. The predicted octanol–water partition coefficient (Wildman–Crippen LogP) is 2.63. The van der Waals surface area contributed by atoms with Crippen molar-refractivity contribution in [2.24, 2.45) is 0 Å². The highest BCUT2D eigenvalue weighted by molar-refractivity contribution is 5.88. The smallest absolute Gasteiger partial charge is 0.306 e. The van der Waals surface area contributed by atoms with Crippen LogP contribution in [0.3, 0.4) is 0 Å². The summed E-state index contributed by atoms with van der Waals surface area (Å²) in [6, 6.07) is 13.6. The fourth-order valence-corrected chi connectivity index (χ4v) is 1.91. The van der Waals surface area contributed by atoms with Crippen LogP contribution >= 0.6 is 0 Å². The van der Waals surface area contributed by atoms with Crippen molar-refractivity contribution in [1.82, 2.24) is 0 Å². The molecule has 0 aliphatic heterocycles. The lowest BCUT2D eigenvalue weighted by atomic mass is 10.1. The number of benzene rings is 2. The van der Waals surface area contributed by atoms with Gasteiger partial charge in [0.15, 0.2) is 0 Å². The fourth-order valence-electron chi connectivity index (χ4n) is 1.91. The van der Waals surface area contributed by atoms with E-state index in [4.69, 9.17) is 14.6 Å². The molecule has 0 aliphatic rings. The zero-order valence-electron chi connectivity index (χ0n) is 11.5. The van der Waals surface area contributed by atoms with E-state index in [0.717, 1.165) is 16.5 Å². The highest BCUT2D eigenvalue weighted by Crippen LogP contribution is 2.24. The second kappa shape index (κ2) is 7.28. The van der Waals surface area contributed by atoms with Crippen LogP contribution in [-0.2, 0) is 14.3 Å². The van der Waals surface area contributed by atoms with Gasteiger partial charge in [-0.15, -0.1) is 0 Å². The van der Waals surface area contributed by atoms with Gasteiger partial charge in [0.05, 0.1) is 12.8 Å². The maximum absolute atomic E-state index is 11.2. The minimum Gasteiger partial charge on any atom is -0.489 e. The molecule has 0 unspecified atom stereocenters. The maximum atomic E-state index is 11.2. The second-order valence-electron chi connectivity index (χ2n) is 4.44. The zero-order chi connectivity index (χ0) is 15.1. The third-order valence-corrected chi connectivity index (χ3v) is 2.90. The van der Waals surface area contributed by atoms with E-state index in [1.165, 1.54) is 0 Å². The maximum Gasteiger partial charge on any atom is 0.306 e. The number of esters is 1. The summed E-state index contributed by atoms with van der Waals surface area (Å²) in [4.78, 5) is 21.5. The first-order chi connectivity index (χ1) is 10.2. The van der Waals surface area contributed by atoms with Gasteiger partial charge >= 0.3 is 11.9 Å². The molecule has 110 valence electrons. The Bertz CT molecular complexity index is 630. The molecule has 2 rings (SSSR count). The average molecular weight is 288 g/mol. The molecule has 0 saturated carbocycles. The van der Waals surface area contributed by atoms with Crippen LogP contribution in [0.25, 0.3) is 10.8 Å². The molecule has 0 amide bonds. The molecule has 0 fully saturated rings. The summed E-state index contributed by atoms with van der Waals surface area (Å²) in [7, 11) is 0. The Balaban J connectivity index is 1.80. The van der Waals surface area contributed by atoms with Gasteiger partial charge in [-0.3, -0.25) is 9.59 Å². The molecule has 21 heavy (non-hydrogen) atoms. The molecule has 0 heterocycles. The van der Waals surface area contributed by atoms with Crippen LogP contribution < -0.4 is 4.74 Å². The van der Waals surface area contributed by atoms with Crippen molar-refractivity contribution in [3.05, 3.63) is 42.5 Å². The Labute approximate surface area is 122 Å². The number of carboxylic acid groups (broad SMARTS) is 1. The van der Waals surface area contributed by atoms with Crippen molar-refractivity contribution in [2.75, 3.05) is 13.2 Å². The minimum atomic E-state index is -1.01. The minimum absolute atomic E-state index is 0.0989. The fraction of sp³-hybridized carbons (Fsp3) is 0.250. The lowest BCUT2D eigenvalue weighted by molar-refractivity contribution is -0.148. The molecule has 5 nitrogen and oxygen atoms in total. The standard InChI is InChI=1S/C16H16O5/c17-15(18)8-9-16(19)21-11-10-20-14-7-3-5-12-4-1-2-6-13(12)14/h1-7H,8-11H2,(H,17,18). The number of rotatable bonds is 7. The van der Waals surface area contributed by atoms with Crippen LogP contribution in [0.5, 0.6) is 5.75 Å². The summed E-state index contributed by atoms with van der Waals surface area (Å²) in [6.07, 6.45) is -0.341. The molecule has 0 atom stereocenters. The first kappa shape index (κ1) is 14.8. The van der Waals surface area contributed by atoms with Crippen LogP contribution in [0.1, 0.15) is 12.8 Å². The molecular formula is C16H16O5. The number of carboxylic acids is 1. The molecule has 2 aromatic carbocycles. The van der Waals surface area contributed by atoms with Crippen LogP contribution in [-0.4, -0.2) is 30.3 Å². The third kappa shape index (κ3) is 4.49. The molecule has 0 aliphatic carbocycles. The van der Waals surface area contributed by atoms with E-state index in [-0.39, 0.29) is 26.1 Å². The van der Waals surface area contributed by atoms with Crippen molar-refractivity contribution in [3.63, 3.8) is 0 Å². The van der Waals surface area contributed by atoms with Crippen molar-refractivity contribution < 1.29 is 24.2 Å². The third-order valence-electron chi connectivity index (χ3n) is 2.90. The summed E-state index contributed by atoms with van der Waals surface area (Å²) in [5.41, 5.74) is 0. The lowest BCUT2D eigenvalue weighted by Crippen LogP contribution is -2.13. The van der Waals surface area contributed by atoms with Crippen LogP contribution in [0.15, 0.2) is 42.5 Å². The van der Waals surface area contributed by atoms with Gasteiger partial charge in [0.2, 0.25) is 0 Å². The second-order valence-corrected chi connectivity index (χ2v) is 4.44. The number of ether oxygens (including phenoxy) is 2. The topological polar surface area (TPSA) is 72.8 Å². The molecule has 0 saturated heterocycles. The van der Waals surface area contributed by atoms with Gasteiger partial charge < -0.3 is 14.6 Å². The average Bonchev–Trinajstić information content (AvgIpc) is 2.49. The van der Waals surface area contributed by atoms with E-state index in [2.05, 4.69) is 0 Å². The Morgan fingerprint density at radius 2 is 1.71 bits per heavy atom. The van der Waals surface area contributed by atoms with Crippen LogP contribution in [0.2, 0.25) is 0 Å². The number of hydrogen-bond acceptors (Lipinski definition) is 4. The Morgan fingerprint density at radius 1 is 0.952 bits per heavy atom. The first-order valence-corrected chi connectivity index (χ1v) is 6.65. The van der Waals surface area contributed by atoms with Gasteiger partial charge in [-0.25, -0.2) is 0 Å². The Morgan fingerprint density at radius 3 is 2.52 bits per heavy atom. The van der Waals surface area contributed by atoms with Crippen LogP contribution in [0, 0.1) is 0 Å². The molecule has 2 aromatic rings.